The van der Waals surface area contributed by atoms with Crippen molar-refractivity contribution >= 4 is 11.5 Å². The predicted molar refractivity (Wildman–Crippen MR) is 87.4 cm³/mol. The van der Waals surface area contributed by atoms with Crippen molar-refractivity contribution in [1.82, 2.24) is 5.32 Å². The van der Waals surface area contributed by atoms with Crippen molar-refractivity contribution in [3.8, 4) is 0 Å². The summed E-state index contributed by atoms with van der Waals surface area (Å²) >= 11 is 0. The number of hydrogen-bond donors (Lipinski definition) is 2. The van der Waals surface area contributed by atoms with Gasteiger partial charge in [0.1, 0.15) is 0 Å². The first-order chi connectivity index (χ1) is 10.2. The molecule has 3 nitrogen and oxygen atoms in total. The van der Waals surface area contributed by atoms with Crippen molar-refractivity contribution in [3.63, 3.8) is 0 Å². The average molecular weight is 282 g/mol. The summed E-state index contributed by atoms with van der Waals surface area (Å²) in [6.45, 7) is 2.80. The molecule has 21 heavy (non-hydrogen) atoms. The fourth-order valence-corrected chi connectivity index (χ4v) is 2.36. The number of anilines is 1. The number of carbonyl (C=O) groups excluding carboxylic acids is 1. The summed E-state index contributed by atoms with van der Waals surface area (Å²) in [5, 5.41) is 3.39. The molecule has 0 spiro atoms. The Labute approximate surface area is 126 Å². The molecular weight excluding hydrogens is 260 g/mol. The Bertz CT molecular complexity index is 581. The molecular formula is C18H22N2O. The van der Waals surface area contributed by atoms with Crippen LogP contribution in [0.3, 0.4) is 0 Å². The second kappa shape index (κ2) is 7.60. The zero-order chi connectivity index (χ0) is 15.1. The van der Waals surface area contributed by atoms with Gasteiger partial charge in [0.25, 0.3) is 0 Å². The molecule has 110 valence electrons. The second-order valence-corrected chi connectivity index (χ2v) is 5.31. The van der Waals surface area contributed by atoms with Crippen LogP contribution in [0.2, 0.25) is 0 Å². The van der Waals surface area contributed by atoms with Gasteiger partial charge in [0.2, 0.25) is 0 Å². The number of para-hydroxylation sites is 1. The van der Waals surface area contributed by atoms with Crippen LogP contribution in [0.5, 0.6) is 0 Å². The van der Waals surface area contributed by atoms with E-state index >= 15 is 0 Å². The summed E-state index contributed by atoms with van der Waals surface area (Å²) in [5.41, 5.74) is 8.29. The first-order valence-electron chi connectivity index (χ1n) is 7.32. The van der Waals surface area contributed by atoms with Gasteiger partial charge in [-0.1, -0.05) is 42.5 Å². The van der Waals surface area contributed by atoms with E-state index in [0.717, 1.165) is 6.42 Å². The van der Waals surface area contributed by atoms with E-state index in [-0.39, 0.29) is 5.78 Å². The van der Waals surface area contributed by atoms with Crippen LogP contribution in [0, 0.1) is 0 Å². The lowest BCUT2D eigenvalue weighted by Crippen LogP contribution is -2.30. The average Bonchev–Trinajstić information content (AvgIpc) is 2.48. The Morgan fingerprint density at radius 2 is 1.76 bits per heavy atom. The molecule has 2 aromatic rings. The molecule has 0 heterocycles. The molecule has 2 rings (SSSR count). The number of nitrogen functional groups attached to an aromatic ring is 1. The first kappa shape index (κ1) is 15.3. The van der Waals surface area contributed by atoms with Crippen LogP contribution >= 0.6 is 0 Å². The number of carbonyl (C=O) groups is 1. The number of ketones is 1. The van der Waals surface area contributed by atoms with Gasteiger partial charge in [-0.3, -0.25) is 4.79 Å². The van der Waals surface area contributed by atoms with E-state index in [1.807, 2.05) is 30.3 Å². The third-order valence-corrected chi connectivity index (χ3v) is 3.49. The lowest BCUT2D eigenvalue weighted by atomic mass is 10.1. The maximum atomic E-state index is 12.1. The molecule has 0 bridgehead atoms. The van der Waals surface area contributed by atoms with Gasteiger partial charge in [0.05, 0.1) is 0 Å². The Morgan fingerprint density at radius 1 is 1.10 bits per heavy atom. The molecule has 1 atom stereocenters. The molecule has 2 aromatic carbocycles. The van der Waals surface area contributed by atoms with E-state index in [0.29, 0.717) is 30.3 Å². The summed E-state index contributed by atoms with van der Waals surface area (Å²) in [4.78, 5) is 12.1. The fourth-order valence-electron chi connectivity index (χ4n) is 2.36. The van der Waals surface area contributed by atoms with E-state index in [1.165, 1.54) is 5.56 Å². The maximum Gasteiger partial charge on any atom is 0.166 e. The quantitative estimate of drug-likeness (QED) is 0.606. The number of hydrogen-bond acceptors (Lipinski definition) is 3. The second-order valence-electron chi connectivity index (χ2n) is 5.31. The van der Waals surface area contributed by atoms with Gasteiger partial charge in [0.15, 0.2) is 5.78 Å². The molecule has 0 saturated carbocycles. The van der Waals surface area contributed by atoms with E-state index in [2.05, 4.69) is 24.4 Å². The van der Waals surface area contributed by atoms with E-state index in [9.17, 15) is 4.79 Å². The number of Topliss-reactive ketones (excluding diaryl/α,β-unsaturated/α-hetero) is 1. The summed E-state index contributed by atoms with van der Waals surface area (Å²) in [6, 6.07) is 17.9. The smallest absolute Gasteiger partial charge is 0.166 e. The summed E-state index contributed by atoms with van der Waals surface area (Å²) in [6.07, 6.45) is 1.43. The topological polar surface area (TPSA) is 55.1 Å². The van der Waals surface area contributed by atoms with Crippen molar-refractivity contribution < 1.29 is 4.79 Å². The predicted octanol–water partition coefficient (Wildman–Crippen LogP) is 3.06. The molecule has 3 heteroatoms. The minimum Gasteiger partial charge on any atom is -0.398 e. The number of nitrogens with two attached hydrogens (primary N) is 1. The van der Waals surface area contributed by atoms with Crippen molar-refractivity contribution in [1.29, 1.82) is 0 Å². The maximum absolute atomic E-state index is 12.1. The van der Waals surface area contributed by atoms with Gasteiger partial charge < -0.3 is 11.1 Å². The van der Waals surface area contributed by atoms with Crippen molar-refractivity contribution in [2.75, 3.05) is 12.3 Å². The van der Waals surface area contributed by atoms with Crippen molar-refractivity contribution in [2.24, 2.45) is 0 Å². The van der Waals surface area contributed by atoms with Gasteiger partial charge in [-0.15, -0.1) is 0 Å². The van der Waals surface area contributed by atoms with Crippen LogP contribution in [0.4, 0.5) is 5.69 Å². The monoisotopic (exact) mass is 282 g/mol. The first-order valence-corrected chi connectivity index (χ1v) is 7.32. The highest BCUT2D eigenvalue weighted by molar-refractivity contribution is 6.00. The highest BCUT2D eigenvalue weighted by Gasteiger charge is 2.09. The van der Waals surface area contributed by atoms with Crippen LogP contribution in [-0.4, -0.2) is 18.4 Å². The Hall–Kier alpha value is -2.13. The van der Waals surface area contributed by atoms with Crippen LogP contribution in [0.25, 0.3) is 0 Å². The minimum atomic E-state index is 0.0903. The number of benzene rings is 2. The van der Waals surface area contributed by atoms with E-state index in [1.54, 1.807) is 12.1 Å². The van der Waals surface area contributed by atoms with Crippen LogP contribution in [0.15, 0.2) is 54.6 Å². The van der Waals surface area contributed by atoms with Crippen LogP contribution in [0.1, 0.15) is 29.3 Å². The van der Waals surface area contributed by atoms with E-state index < -0.39 is 0 Å². The molecule has 0 amide bonds. The molecule has 0 aromatic heterocycles. The highest BCUT2D eigenvalue weighted by atomic mass is 16.1. The Morgan fingerprint density at radius 3 is 2.48 bits per heavy atom. The fraction of sp³-hybridized carbons (Fsp3) is 0.278. The lowest BCUT2D eigenvalue weighted by Gasteiger charge is -2.13. The van der Waals surface area contributed by atoms with Gasteiger partial charge in [0, 0.05) is 30.3 Å². The number of rotatable bonds is 7. The minimum absolute atomic E-state index is 0.0903. The summed E-state index contributed by atoms with van der Waals surface area (Å²) in [7, 11) is 0. The molecule has 0 aliphatic rings. The zero-order valence-corrected chi connectivity index (χ0v) is 12.4. The Kier molecular flexibility index (Phi) is 5.52. The van der Waals surface area contributed by atoms with E-state index in [4.69, 9.17) is 5.73 Å². The molecule has 0 aliphatic heterocycles. The van der Waals surface area contributed by atoms with Crippen LogP contribution in [-0.2, 0) is 6.42 Å². The SMILES string of the molecule is CC(Cc1ccccc1)NCCC(=O)c1ccccc1N. The lowest BCUT2D eigenvalue weighted by molar-refractivity contribution is 0.0982. The normalized spacial score (nSPS) is 12.0. The van der Waals surface area contributed by atoms with Crippen LogP contribution < -0.4 is 11.1 Å². The molecule has 3 N–H and O–H groups in total. The molecule has 1 unspecified atom stereocenters. The third kappa shape index (κ3) is 4.72. The van der Waals surface area contributed by atoms with Gasteiger partial charge in [-0.25, -0.2) is 0 Å². The largest absolute Gasteiger partial charge is 0.398 e. The summed E-state index contributed by atoms with van der Waals surface area (Å²) < 4.78 is 0. The Balaban J connectivity index is 1.76. The molecule has 0 aliphatic carbocycles. The standard InChI is InChI=1S/C18H22N2O/c1-14(13-15-7-3-2-4-8-15)20-12-11-18(21)16-9-5-6-10-17(16)19/h2-10,14,20H,11-13,19H2,1H3. The third-order valence-electron chi connectivity index (χ3n) is 3.49. The zero-order valence-electron chi connectivity index (χ0n) is 12.4. The molecule has 0 saturated heterocycles. The molecule has 0 radical (unpaired) electrons. The number of nitrogens with one attached hydrogen (secondary N) is 1. The van der Waals surface area contributed by atoms with Gasteiger partial charge in [-0.05, 0) is 31.0 Å². The highest BCUT2D eigenvalue weighted by Crippen LogP contribution is 2.12. The van der Waals surface area contributed by atoms with Crippen molar-refractivity contribution in [3.05, 3.63) is 65.7 Å². The van der Waals surface area contributed by atoms with Gasteiger partial charge >= 0.3 is 0 Å². The summed E-state index contributed by atoms with van der Waals surface area (Å²) in [5.74, 6) is 0.0903. The van der Waals surface area contributed by atoms with Gasteiger partial charge in [-0.2, -0.15) is 0 Å². The molecule has 0 fully saturated rings. The van der Waals surface area contributed by atoms with Crippen molar-refractivity contribution in [2.45, 2.75) is 25.8 Å².